The van der Waals surface area contributed by atoms with Gasteiger partial charge in [-0.2, -0.15) is 0 Å². The SMILES string of the molecule is CO[C@H](C)CN(CCCCc1ccc2c(n1)NCCC2)CC[C@H](NC(=O)CC1(C)CCC1)C(=O)O. The van der Waals surface area contributed by atoms with Crippen molar-refractivity contribution in [3.05, 3.63) is 23.4 Å². The topological polar surface area (TPSA) is 104 Å². The summed E-state index contributed by atoms with van der Waals surface area (Å²) in [6.45, 7) is 7.31. The summed E-state index contributed by atoms with van der Waals surface area (Å²) in [6, 6.07) is 3.47. The van der Waals surface area contributed by atoms with Crippen LogP contribution < -0.4 is 10.6 Å². The minimum absolute atomic E-state index is 0.0377. The number of ether oxygens (including phenoxy) is 1. The predicted molar refractivity (Wildman–Crippen MR) is 138 cm³/mol. The summed E-state index contributed by atoms with van der Waals surface area (Å²) in [5, 5.41) is 15.9. The second kappa shape index (κ2) is 13.2. The van der Waals surface area contributed by atoms with E-state index in [1.165, 1.54) is 5.56 Å². The predicted octanol–water partition coefficient (Wildman–Crippen LogP) is 3.64. The number of rotatable bonds is 15. The van der Waals surface area contributed by atoms with E-state index in [4.69, 9.17) is 9.72 Å². The molecule has 2 atom stereocenters. The second-order valence-corrected chi connectivity index (χ2v) is 10.7. The highest BCUT2D eigenvalue weighted by Crippen LogP contribution is 2.43. The van der Waals surface area contributed by atoms with Gasteiger partial charge in [-0.1, -0.05) is 19.4 Å². The molecule has 1 aromatic rings. The average molecular weight is 489 g/mol. The summed E-state index contributed by atoms with van der Waals surface area (Å²) in [6.07, 6.45) is 9.27. The first kappa shape index (κ1) is 27.4. The Bertz CT molecular complexity index is 842. The van der Waals surface area contributed by atoms with Crippen molar-refractivity contribution < 1.29 is 19.4 Å². The number of amides is 1. The molecule has 8 nitrogen and oxygen atoms in total. The monoisotopic (exact) mass is 488 g/mol. The lowest BCUT2D eigenvalue weighted by Crippen LogP contribution is -2.45. The van der Waals surface area contributed by atoms with Crippen LogP contribution in [0.5, 0.6) is 0 Å². The van der Waals surface area contributed by atoms with E-state index in [0.29, 0.717) is 19.4 Å². The van der Waals surface area contributed by atoms with Gasteiger partial charge in [-0.3, -0.25) is 4.79 Å². The Morgan fingerprint density at radius 1 is 1.26 bits per heavy atom. The highest BCUT2D eigenvalue weighted by Gasteiger charge is 2.35. The largest absolute Gasteiger partial charge is 0.480 e. The molecule has 1 aromatic heterocycles. The zero-order chi connectivity index (χ0) is 25.3. The molecule has 0 aromatic carbocycles. The standard InChI is InChI=1S/C27H44N4O4/c1-20(35-3)19-31(16-5-4-9-22-11-10-21-8-6-15-28-25(21)29-22)17-12-23(26(33)34)30-24(32)18-27(2)13-7-14-27/h10-11,20,23H,4-9,12-19H2,1-3H3,(H,28,29)(H,30,32)(H,33,34)/t20-,23+/m1/s1. The van der Waals surface area contributed by atoms with Gasteiger partial charge >= 0.3 is 5.97 Å². The second-order valence-electron chi connectivity index (χ2n) is 10.7. The molecule has 196 valence electrons. The fourth-order valence-electron chi connectivity index (χ4n) is 5.04. The van der Waals surface area contributed by atoms with E-state index >= 15 is 0 Å². The molecule has 0 bridgehead atoms. The van der Waals surface area contributed by atoms with Gasteiger partial charge < -0.3 is 25.4 Å². The van der Waals surface area contributed by atoms with Crippen LogP contribution in [0.1, 0.15) is 76.5 Å². The molecule has 8 heteroatoms. The van der Waals surface area contributed by atoms with E-state index in [9.17, 15) is 14.7 Å². The van der Waals surface area contributed by atoms with Gasteiger partial charge in [0.05, 0.1) is 6.10 Å². The molecule has 0 saturated heterocycles. The van der Waals surface area contributed by atoms with Gasteiger partial charge in [-0.15, -0.1) is 0 Å². The van der Waals surface area contributed by atoms with Crippen molar-refractivity contribution in [2.45, 2.75) is 90.2 Å². The van der Waals surface area contributed by atoms with Gasteiger partial charge in [0, 0.05) is 38.9 Å². The summed E-state index contributed by atoms with van der Waals surface area (Å²) < 4.78 is 5.46. The highest BCUT2D eigenvalue weighted by molar-refractivity contribution is 5.83. The number of carbonyl (C=O) groups excluding carboxylic acids is 1. The highest BCUT2D eigenvalue weighted by atomic mass is 16.5. The first-order valence-electron chi connectivity index (χ1n) is 13.3. The zero-order valence-electron chi connectivity index (χ0n) is 21.8. The molecule has 3 N–H and O–H groups in total. The summed E-state index contributed by atoms with van der Waals surface area (Å²) >= 11 is 0. The molecule has 0 spiro atoms. The summed E-state index contributed by atoms with van der Waals surface area (Å²) in [5.74, 6) is -0.0789. The lowest BCUT2D eigenvalue weighted by Gasteiger charge is -2.38. The first-order valence-corrected chi connectivity index (χ1v) is 13.3. The fourth-order valence-corrected chi connectivity index (χ4v) is 5.04. The van der Waals surface area contributed by atoms with E-state index < -0.39 is 12.0 Å². The third kappa shape index (κ3) is 8.76. The quantitative estimate of drug-likeness (QED) is 0.324. The van der Waals surface area contributed by atoms with Crippen LogP contribution in [0, 0.1) is 5.41 Å². The van der Waals surface area contributed by atoms with Gasteiger partial charge in [0.1, 0.15) is 11.9 Å². The zero-order valence-corrected chi connectivity index (χ0v) is 21.8. The van der Waals surface area contributed by atoms with Gasteiger partial charge in [-0.25, -0.2) is 9.78 Å². The van der Waals surface area contributed by atoms with Crippen molar-refractivity contribution in [2.75, 3.05) is 38.6 Å². The van der Waals surface area contributed by atoms with E-state index in [1.54, 1.807) is 7.11 Å². The molecule has 1 saturated carbocycles. The molecule has 1 aliphatic carbocycles. The number of nitrogens with zero attached hydrogens (tertiary/aromatic N) is 2. The number of hydrogen-bond acceptors (Lipinski definition) is 6. The molecule has 0 unspecified atom stereocenters. The van der Waals surface area contributed by atoms with Gasteiger partial charge in [-0.05, 0) is 81.9 Å². The number of methoxy groups -OCH3 is 1. The van der Waals surface area contributed by atoms with Crippen LogP contribution in [0.2, 0.25) is 0 Å². The number of aryl methyl sites for hydroxylation is 2. The number of carboxylic acids is 1. The molecular formula is C27H44N4O4. The first-order chi connectivity index (χ1) is 16.8. The van der Waals surface area contributed by atoms with Crippen LogP contribution in [0.15, 0.2) is 12.1 Å². The Morgan fingerprint density at radius 2 is 2.06 bits per heavy atom. The number of nitrogens with one attached hydrogen (secondary N) is 2. The third-order valence-corrected chi connectivity index (χ3v) is 7.54. The summed E-state index contributed by atoms with van der Waals surface area (Å²) in [5.41, 5.74) is 2.46. The molecule has 2 aliphatic rings. The maximum atomic E-state index is 12.5. The van der Waals surface area contributed by atoms with Crippen LogP contribution in [0.25, 0.3) is 0 Å². The van der Waals surface area contributed by atoms with Crippen LogP contribution in [0.4, 0.5) is 5.82 Å². The Morgan fingerprint density at radius 3 is 2.74 bits per heavy atom. The molecule has 3 rings (SSSR count). The Kier molecular flexibility index (Phi) is 10.3. The van der Waals surface area contributed by atoms with E-state index in [0.717, 1.165) is 82.5 Å². The number of anilines is 1. The number of carboxylic acid groups (broad SMARTS) is 1. The minimum atomic E-state index is -0.969. The van der Waals surface area contributed by atoms with Crippen LogP contribution in [-0.4, -0.2) is 72.3 Å². The van der Waals surface area contributed by atoms with Crippen LogP contribution in [-0.2, 0) is 27.2 Å². The molecular weight excluding hydrogens is 444 g/mol. The number of unbranched alkanes of at least 4 members (excludes halogenated alkanes) is 1. The maximum absolute atomic E-state index is 12.5. The van der Waals surface area contributed by atoms with E-state index in [1.807, 2.05) is 6.92 Å². The summed E-state index contributed by atoms with van der Waals surface area (Å²) in [7, 11) is 1.69. The van der Waals surface area contributed by atoms with Gasteiger partial charge in [0.15, 0.2) is 0 Å². The smallest absolute Gasteiger partial charge is 0.326 e. The van der Waals surface area contributed by atoms with Crippen LogP contribution in [0.3, 0.4) is 0 Å². The normalized spacial score (nSPS) is 18.2. The van der Waals surface area contributed by atoms with Gasteiger partial charge in [0.2, 0.25) is 5.91 Å². The Balaban J connectivity index is 1.45. The summed E-state index contributed by atoms with van der Waals surface area (Å²) in [4.78, 5) is 31.3. The van der Waals surface area contributed by atoms with Crippen molar-refractivity contribution in [1.29, 1.82) is 0 Å². The number of hydrogen-bond donors (Lipinski definition) is 3. The maximum Gasteiger partial charge on any atom is 0.326 e. The number of fused-ring (bicyclic) bond motifs is 1. The van der Waals surface area contributed by atoms with E-state index in [-0.39, 0.29) is 17.4 Å². The van der Waals surface area contributed by atoms with Crippen molar-refractivity contribution in [3.8, 4) is 0 Å². The Labute approximate surface area is 210 Å². The third-order valence-electron chi connectivity index (χ3n) is 7.54. The molecule has 0 radical (unpaired) electrons. The fraction of sp³-hybridized carbons (Fsp3) is 0.741. The van der Waals surface area contributed by atoms with Crippen LogP contribution >= 0.6 is 0 Å². The Hall–Kier alpha value is -2.19. The molecule has 2 heterocycles. The van der Waals surface area contributed by atoms with Crippen molar-refractivity contribution in [3.63, 3.8) is 0 Å². The number of aromatic nitrogens is 1. The lowest BCUT2D eigenvalue weighted by molar-refractivity contribution is -0.142. The van der Waals surface area contributed by atoms with Crippen molar-refractivity contribution >= 4 is 17.7 Å². The minimum Gasteiger partial charge on any atom is -0.480 e. The number of aliphatic carboxylic acids is 1. The molecule has 35 heavy (non-hydrogen) atoms. The number of pyridine rings is 1. The molecule has 1 amide bonds. The molecule has 1 aliphatic heterocycles. The molecule has 1 fully saturated rings. The average Bonchev–Trinajstić information content (AvgIpc) is 2.82. The van der Waals surface area contributed by atoms with E-state index in [2.05, 4.69) is 34.6 Å². The lowest BCUT2D eigenvalue weighted by atomic mass is 9.68. The van der Waals surface area contributed by atoms with Crippen molar-refractivity contribution in [2.24, 2.45) is 5.41 Å². The van der Waals surface area contributed by atoms with Gasteiger partial charge in [0.25, 0.3) is 0 Å². The van der Waals surface area contributed by atoms with Crippen molar-refractivity contribution in [1.82, 2.24) is 15.2 Å². The number of carbonyl (C=O) groups is 2.